The van der Waals surface area contributed by atoms with Crippen LogP contribution in [0.25, 0.3) is 0 Å². The fourth-order valence-electron chi connectivity index (χ4n) is 0.761. The molecule has 0 fully saturated rings. The summed E-state index contributed by atoms with van der Waals surface area (Å²) in [5.41, 5.74) is 0. The van der Waals surface area contributed by atoms with Crippen LogP contribution in [0.4, 0.5) is 0 Å². The number of aromatic hydroxyl groups is 1. The highest BCUT2D eigenvalue weighted by Crippen LogP contribution is 2.36. The number of sulfonamides is 1. The maximum atomic E-state index is 11.4. The summed E-state index contributed by atoms with van der Waals surface area (Å²) < 4.78 is 25.4. The molecule has 0 aliphatic rings. The predicted octanol–water partition coefficient (Wildman–Crippen LogP) is 1.51. The summed E-state index contributed by atoms with van der Waals surface area (Å²) in [5.74, 6) is -0.231. The molecule has 0 saturated heterocycles. The molecular weight excluding hydrogens is 278 g/mol. The van der Waals surface area contributed by atoms with E-state index in [1.807, 2.05) is 0 Å². The number of rotatable bonds is 3. The van der Waals surface area contributed by atoms with Gasteiger partial charge in [0.15, 0.2) is 9.96 Å². The van der Waals surface area contributed by atoms with E-state index in [4.69, 9.17) is 0 Å². The van der Waals surface area contributed by atoms with Crippen LogP contribution in [0, 0.1) is 0 Å². The Bertz CT molecular complexity index is 398. The van der Waals surface area contributed by atoms with Gasteiger partial charge in [0.2, 0.25) is 0 Å². The molecule has 0 spiro atoms. The minimum atomic E-state index is -3.53. The summed E-state index contributed by atoms with van der Waals surface area (Å²) >= 11 is 4.00. The molecule has 0 atom stereocenters. The SMILES string of the molecule is CCNS(=O)(=O)c1scc(Br)c1O. The molecule has 0 radical (unpaired) electrons. The number of hydrogen-bond acceptors (Lipinski definition) is 4. The zero-order chi connectivity index (χ0) is 10.1. The van der Waals surface area contributed by atoms with Crippen molar-refractivity contribution in [2.75, 3.05) is 6.54 Å². The molecule has 1 rings (SSSR count). The average Bonchev–Trinajstić information content (AvgIpc) is 2.33. The van der Waals surface area contributed by atoms with E-state index in [1.165, 1.54) is 5.38 Å². The van der Waals surface area contributed by atoms with E-state index < -0.39 is 10.0 Å². The first-order valence-electron chi connectivity index (χ1n) is 3.44. The average molecular weight is 286 g/mol. The van der Waals surface area contributed by atoms with Crippen LogP contribution in [-0.4, -0.2) is 20.1 Å². The Kier molecular flexibility index (Phi) is 3.33. The molecule has 4 nitrogen and oxygen atoms in total. The molecule has 74 valence electrons. The van der Waals surface area contributed by atoms with Crippen molar-refractivity contribution < 1.29 is 13.5 Å². The van der Waals surface area contributed by atoms with Gasteiger partial charge in [0.05, 0.1) is 4.47 Å². The summed E-state index contributed by atoms with van der Waals surface area (Å²) in [6, 6.07) is 0. The Morgan fingerprint density at radius 3 is 2.69 bits per heavy atom. The van der Waals surface area contributed by atoms with Crippen LogP contribution >= 0.6 is 27.3 Å². The first-order chi connectivity index (χ1) is 5.99. The summed E-state index contributed by atoms with van der Waals surface area (Å²) in [7, 11) is -3.53. The van der Waals surface area contributed by atoms with Gasteiger partial charge in [0.1, 0.15) is 0 Å². The van der Waals surface area contributed by atoms with E-state index in [0.29, 0.717) is 11.0 Å². The second kappa shape index (κ2) is 3.95. The van der Waals surface area contributed by atoms with Gasteiger partial charge in [-0.2, -0.15) is 0 Å². The predicted molar refractivity (Wildman–Crippen MR) is 54.5 cm³/mol. The van der Waals surface area contributed by atoms with Crippen molar-refractivity contribution in [1.29, 1.82) is 0 Å². The quantitative estimate of drug-likeness (QED) is 0.885. The Morgan fingerprint density at radius 1 is 1.69 bits per heavy atom. The highest BCUT2D eigenvalue weighted by atomic mass is 79.9. The first-order valence-corrected chi connectivity index (χ1v) is 6.60. The minimum absolute atomic E-state index is 0.0544. The van der Waals surface area contributed by atoms with E-state index in [9.17, 15) is 13.5 Å². The monoisotopic (exact) mass is 285 g/mol. The van der Waals surface area contributed by atoms with Gasteiger partial charge in [-0.25, -0.2) is 13.1 Å². The molecule has 7 heteroatoms. The van der Waals surface area contributed by atoms with Crippen molar-refractivity contribution >= 4 is 37.3 Å². The van der Waals surface area contributed by atoms with E-state index in [-0.39, 0.29) is 9.96 Å². The smallest absolute Gasteiger partial charge is 0.253 e. The van der Waals surface area contributed by atoms with Gasteiger partial charge in [0.25, 0.3) is 10.0 Å². The lowest BCUT2D eigenvalue weighted by Crippen LogP contribution is -2.22. The summed E-state index contributed by atoms with van der Waals surface area (Å²) in [4.78, 5) is 0. The molecule has 0 saturated carbocycles. The number of thiophene rings is 1. The fourth-order valence-corrected chi connectivity index (χ4v) is 3.75. The summed E-state index contributed by atoms with van der Waals surface area (Å²) in [6.07, 6.45) is 0. The van der Waals surface area contributed by atoms with Gasteiger partial charge >= 0.3 is 0 Å². The Labute approximate surface area is 88.8 Å². The van der Waals surface area contributed by atoms with Crippen molar-refractivity contribution in [2.24, 2.45) is 0 Å². The molecule has 0 aliphatic carbocycles. The Hall–Kier alpha value is -0.110. The van der Waals surface area contributed by atoms with Crippen LogP contribution < -0.4 is 4.72 Å². The topological polar surface area (TPSA) is 66.4 Å². The molecular formula is C6H8BrNO3S2. The van der Waals surface area contributed by atoms with Gasteiger partial charge in [-0.15, -0.1) is 11.3 Å². The van der Waals surface area contributed by atoms with Crippen molar-refractivity contribution in [1.82, 2.24) is 4.72 Å². The lowest BCUT2D eigenvalue weighted by Gasteiger charge is -2.01. The summed E-state index contributed by atoms with van der Waals surface area (Å²) in [6.45, 7) is 1.98. The van der Waals surface area contributed by atoms with E-state index in [1.54, 1.807) is 6.92 Å². The summed E-state index contributed by atoms with van der Waals surface area (Å²) in [5, 5.41) is 10.9. The maximum Gasteiger partial charge on any atom is 0.253 e. The second-order valence-electron chi connectivity index (χ2n) is 2.22. The Morgan fingerprint density at radius 2 is 2.31 bits per heavy atom. The van der Waals surface area contributed by atoms with Crippen molar-refractivity contribution in [3.8, 4) is 5.75 Å². The standard InChI is InChI=1S/C6H8BrNO3S2/c1-2-8-13(10,11)6-5(9)4(7)3-12-6/h3,8-9H,2H2,1H3. The first kappa shape index (κ1) is 11.0. The highest BCUT2D eigenvalue weighted by molar-refractivity contribution is 9.10. The van der Waals surface area contributed by atoms with Crippen molar-refractivity contribution in [2.45, 2.75) is 11.1 Å². The third-order valence-corrected chi connectivity index (χ3v) is 5.23. The van der Waals surface area contributed by atoms with Crippen LogP contribution in [0.2, 0.25) is 0 Å². The van der Waals surface area contributed by atoms with Gasteiger partial charge in [-0.1, -0.05) is 6.92 Å². The van der Waals surface area contributed by atoms with E-state index >= 15 is 0 Å². The molecule has 0 amide bonds. The third-order valence-electron chi connectivity index (χ3n) is 1.27. The van der Waals surface area contributed by atoms with Crippen LogP contribution in [0.5, 0.6) is 5.75 Å². The van der Waals surface area contributed by atoms with Gasteiger partial charge in [-0.05, 0) is 15.9 Å². The largest absolute Gasteiger partial charge is 0.505 e. The molecule has 1 aromatic heterocycles. The molecule has 0 bridgehead atoms. The van der Waals surface area contributed by atoms with Crippen molar-refractivity contribution in [3.63, 3.8) is 0 Å². The maximum absolute atomic E-state index is 11.4. The van der Waals surface area contributed by atoms with E-state index in [0.717, 1.165) is 11.3 Å². The molecule has 0 unspecified atom stereocenters. The molecule has 1 heterocycles. The second-order valence-corrected chi connectivity index (χ2v) is 5.92. The third kappa shape index (κ3) is 2.22. The van der Waals surface area contributed by atoms with Crippen LogP contribution in [0.15, 0.2) is 14.1 Å². The van der Waals surface area contributed by atoms with Crippen LogP contribution in [0.3, 0.4) is 0 Å². The molecule has 0 aromatic carbocycles. The molecule has 0 aliphatic heterocycles. The fraction of sp³-hybridized carbons (Fsp3) is 0.333. The van der Waals surface area contributed by atoms with Crippen LogP contribution in [0.1, 0.15) is 6.92 Å². The zero-order valence-electron chi connectivity index (χ0n) is 6.74. The minimum Gasteiger partial charge on any atom is -0.505 e. The normalized spacial score (nSPS) is 11.8. The lowest BCUT2D eigenvalue weighted by molar-refractivity contribution is 0.460. The van der Waals surface area contributed by atoms with Crippen LogP contribution in [-0.2, 0) is 10.0 Å². The number of halogens is 1. The van der Waals surface area contributed by atoms with Gasteiger partial charge in [0, 0.05) is 11.9 Å². The van der Waals surface area contributed by atoms with Gasteiger partial charge in [-0.3, -0.25) is 0 Å². The van der Waals surface area contributed by atoms with Crippen molar-refractivity contribution in [3.05, 3.63) is 9.85 Å². The lowest BCUT2D eigenvalue weighted by atomic mass is 10.6. The van der Waals surface area contributed by atoms with Gasteiger partial charge < -0.3 is 5.11 Å². The number of nitrogens with one attached hydrogen (secondary N) is 1. The highest BCUT2D eigenvalue weighted by Gasteiger charge is 2.21. The zero-order valence-corrected chi connectivity index (χ0v) is 9.96. The molecule has 13 heavy (non-hydrogen) atoms. The number of hydrogen-bond donors (Lipinski definition) is 2. The molecule has 2 N–H and O–H groups in total. The van der Waals surface area contributed by atoms with E-state index in [2.05, 4.69) is 20.7 Å². The Balaban J connectivity index is 3.15. The molecule has 1 aromatic rings.